The van der Waals surface area contributed by atoms with Gasteiger partial charge in [-0.3, -0.25) is 4.79 Å². The van der Waals surface area contributed by atoms with E-state index in [2.05, 4.69) is 12.2 Å². The molecule has 0 heterocycles. The van der Waals surface area contributed by atoms with Crippen molar-refractivity contribution >= 4 is 11.6 Å². The topological polar surface area (TPSA) is 55.1 Å². The number of benzene rings is 1. The second-order valence-electron chi connectivity index (χ2n) is 5.05. The average molecular weight is 266 g/mol. The van der Waals surface area contributed by atoms with E-state index < -0.39 is 5.54 Å². The second-order valence-corrected chi connectivity index (χ2v) is 5.05. The first-order valence-corrected chi connectivity index (χ1v) is 6.79. The van der Waals surface area contributed by atoms with Crippen LogP contribution in [0.25, 0.3) is 0 Å². The molecule has 1 aromatic rings. The van der Waals surface area contributed by atoms with Gasteiger partial charge < -0.3 is 11.1 Å². The Hall–Kier alpha value is -1.58. The first-order valence-electron chi connectivity index (χ1n) is 6.79. The molecule has 0 saturated carbocycles. The molecule has 1 unspecified atom stereocenters. The summed E-state index contributed by atoms with van der Waals surface area (Å²) in [5.74, 6) is -0.696. The van der Waals surface area contributed by atoms with E-state index in [9.17, 15) is 9.18 Å². The van der Waals surface area contributed by atoms with Crippen molar-refractivity contribution < 1.29 is 9.18 Å². The summed E-state index contributed by atoms with van der Waals surface area (Å²) in [5.41, 5.74) is 6.17. The summed E-state index contributed by atoms with van der Waals surface area (Å²) < 4.78 is 13.4. The number of amides is 1. The van der Waals surface area contributed by atoms with E-state index >= 15 is 0 Å². The number of anilines is 1. The Morgan fingerprint density at radius 3 is 2.53 bits per heavy atom. The second kappa shape index (κ2) is 6.55. The molecule has 4 heteroatoms. The fraction of sp³-hybridized carbons (Fsp3) is 0.533. The molecule has 1 aromatic carbocycles. The van der Waals surface area contributed by atoms with E-state index in [1.807, 2.05) is 19.9 Å². The summed E-state index contributed by atoms with van der Waals surface area (Å²) >= 11 is 0. The zero-order valence-electron chi connectivity index (χ0n) is 11.9. The van der Waals surface area contributed by atoms with Crippen LogP contribution in [0.3, 0.4) is 0 Å². The highest BCUT2D eigenvalue weighted by atomic mass is 19.1. The third-order valence-electron chi connectivity index (χ3n) is 3.46. The van der Waals surface area contributed by atoms with Gasteiger partial charge in [-0.1, -0.05) is 26.7 Å². The van der Waals surface area contributed by atoms with Gasteiger partial charge in [-0.05, 0) is 43.5 Å². The molecule has 0 aliphatic heterocycles. The molecule has 0 radical (unpaired) electrons. The van der Waals surface area contributed by atoms with Crippen molar-refractivity contribution in [2.24, 2.45) is 5.73 Å². The van der Waals surface area contributed by atoms with Crippen LogP contribution < -0.4 is 11.1 Å². The Labute approximate surface area is 114 Å². The zero-order chi connectivity index (χ0) is 14.5. The third kappa shape index (κ3) is 3.94. The predicted molar refractivity (Wildman–Crippen MR) is 76.5 cm³/mol. The molecule has 1 rings (SSSR count). The Bertz CT molecular complexity index is 428. The quantitative estimate of drug-likeness (QED) is 0.795. The summed E-state index contributed by atoms with van der Waals surface area (Å²) in [5, 5.41) is 3.14. The van der Waals surface area contributed by atoms with Crippen LogP contribution in [0, 0.1) is 12.7 Å². The van der Waals surface area contributed by atoms with Gasteiger partial charge in [0.25, 0.3) is 0 Å². The molecule has 0 bridgehead atoms. The van der Waals surface area contributed by atoms with Crippen molar-refractivity contribution in [3.63, 3.8) is 0 Å². The number of nitrogens with one attached hydrogen (secondary N) is 1. The maximum absolute atomic E-state index is 13.4. The molecule has 106 valence electrons. The van der Waals surface area contributed by atoms with E-state index in [-0.39, 0.29) is 11.7 Å². The minimum Gasteiger partial charge on any atom is -0.371 e. The van der Waals surface area contributed by atoms with Crippen LogP contribution in [0.1, 0.15) is 45.1 Å². The van der Waals surface area contributed by atoms with Crippen molar-refractivity contribution in [2.75, 3.05) is 5.32 Å². The lowest BCUT2D eigenvalue weighted by Crippen LogP contribution is -2.50. The molecular weight excluding hydrogens is 243 g/mol. The first kappa shape index (κ1) is 15.5. The minimum absolute atomic E-state index is 0.313. The number of nitrogens with two attached hydrogens (primary N) is 1. The molecule has 1 amide bonds. The normalized spacial score (nSPS) is 13.9. The molecule has 0 aromatic heterocycles. The molecule has 0 saturated heterocycles. The number of hydrogen-bond donors (Lipinski definition) is 2. The molecular formula is C15H23FN2O. The fourth-order valence-electron chi connectivity index (χ4n) is 2.25. The molecule has 3 nitrogen and oxygen atoms in total. The highest BCUT2D eigenvalue weighted by Crippen LogP contribution is 2.25. The van der Waals surface area contributed by atoms with Gasteiger partial charge in [-0.25, -0.2) is 4.39 Å². The van der Waals surface area contributed by atoms with Crippen LogP contribution in [0.15, 0.2) is 18.2 Å². The SMILES string of the molecule is CCCCC(CC)(Nc1cc(C)cc(F)c1)C(N)=O. The van der Waals surface area contributed by atoms with Gasteiger partial charge in [-0.2, -0.15) is 0 Å². The lowest BCUT2D eigenvalue weighted by molar-refractivity contribution is -0.122. The predicted octanol–water partition coefficient (Wildman–Crippen LogP) is 3.37. The summed E-state index contributed by atoms with van der Waals surface area (Å²) in [6, 6.07) is 4.67. The van der Waals surface area contributed by atoms with Crippen LogP contribution in [0.2, 0.25) is 0 Å². The zero-order valence-corrected chi connectivity index (χ0v) is 11.9. The average Bonchev–Trinajstić information content (AvgIpc) is 2.33. The number of primary amides is 1. The summed E-state index contributed by atoms with van der Waals surface area (Å²) in [7, 11) is 0. The largest absolute Gasteiger partial charge is 0.371 e. The molecule has 0 aliphatic rings. The Morgan fingerprint density at radius 1 is 1.37 bits per heavy atom. The monoisotopic (exact) mass is 266 g/mol. The van der Waals surface area contributed by atoms with Gasteiger partial charge in [0.15, 0.2) is 0 Å². The highest BCUT2D eigenvalue weighted by Gasteiger charge is 2.33. The maximum Gasteiger partial charge on any atom is 0.243 e. The first-order chi connectivity index (χ1) is 8.93. The van der Waals surface area contributed by atoms with Crippen molar-refractivity contribution in [3.05, 3.63) is 29.6 Å². The maximum atomic E-state index is 13.4. The third-order valence-corrected chi connectivity index (χ3v) is 3.46. The van der Waals surface area contributed by atoms with Gasteiger partial charge >= 0.3 is 0 Å². The van der Waals surface area contributed by atoms with E-state index in [4.69, 9.17) is 5.73 Å². The molecule has 0 fully saturated rings. The van der Waals surface area contributed by atoms with E-state index in [0.717, 1.165) is 18.4 Å². The van der Waals surface area contributed by atoms with Crippen molar-refractivity contribution in [2.45, 2.75) is 52.0 Å². The number of rotatable bonds is 7. The molecule has 1 atom stereocenters. The Kier molecular flexibility index (Phi) is 5.33. The van der Waals surface area contributed by atoms with Crippen molar-refractivity contribution in [1.82, 2.24) is 0 Å². The Balaban J connectivity index is 3.02. The van der Waals surface area contributed by atoms with E-state index in [1.165, 1.54) is 12.1 Å². The summed E-state index contributed by atoms with van der Waals surface area (Å²) in [6.07, 6.45) is 3.12. The van der Waals surface area contributed by atoms with Crippen LogP contribution in [0.5, 0.6) is 0 Å². The molecule has 3 N–H and O–H groups in total. The number of halogens is 1. The number of hydrogen-bond acceptors (Lipinski definition) is 2. The standard InChI is InChI=1S/C15H23FN2O/c1-4-6-7-15(5-2,14(17)19)18-13-9-11(3)8-12(16)10-13/h8-10,18H,4-7H2,1-3H3,(H2,17,19). The van der Waals surface area contributed by atoms with Crippen LogP contribution in [-0.2, 0) is 4.79 Å². The lowest BCUT2D eigenvalue weighted by Gasteiger charge is -2.32. The fourth-order valence-corrected chi connectivity index (χ4v) is 2.25. The lowest BCUT2D eigenvalue weighted by atomic mass is 9.88. The number of carbonyl (C=O) groups is 1. The minimum atomic E-state index is -0.795. The van der Waals surface area contributed by atoms with Gasteiger partial charge in [0, 0.05) is 5.69 Å². The van der Waals surface area contributed by atoms with Gasteiger partial charge in [0.05, 0.1) is 0 Å². The summed E-state index contributed by atoms with van der Waals surface area (Å²) in [6.45, 7) is 5.80. The van der Waals surface area contributed by atoms with Gasteiger partial charge in [0.1, 0.15) is 11.4 Å². The molecule has 0 spiro atoms. The highest BCUT2D eigenvalue weighted by molar-refractivity contribution is 5.88. The number of aryl methyl sites for hydroxylation is 1. The molecule has 19 heavy (non-hydrogen) atoms. The molecule has 0 aliphatic carbocycles. The number of carbonyl (C=O) groups excluding carboxylic acids is 1. The van der Waals surface area contributed by atoms with Crippen molar-refractivity contribution in [3.8, 4) is 0 Å². The van der Waals surface area contributed by atoms with Gasteiger partial charge in [0.2, 0.25) is 5.91 Å². The van der Waals surface area contributed by atoms with Gasteiger partial charge in [-0.15, -0.1) is 0 Å². The van der Waals surface area contributed by atoms with Crippen LogP contribution in [-0.4, -0.2) is 11.4 Å². The summed E-state index contributed by atoms with van der Waals surface area (Å²) in [4.78, 5) is 11.8. The smallest absolute Gasteiger partial charge is 0.243 e. The van der Waals surface area contributed by atoms with E-state index in [1.54, 1.807) is 0 Å². The van der Waals surface area contributed by atoms with Crippen LogP contribution in [0.4, 0.5) is 10.1 Å². The Morgan fingerprint density at radius 2 is 2.05 bits per heavy atom. The number of unbranched alkanes of at least 4 members (excludes halogenated alkanes) is 1. The van der Waals surface area contributed by atoms with E-state index in [0.29, 0.717) is 18.5 Å². The van der Waals surface area contributed by atoms with Crippen molar-refractivity contribution in [1.29, 1.82) is 0 Å². The van der Waals surface area contributed by atoms with Crippen LogP contribution >= 0.6 is 0 Å².